The normalized spacial score (nSPS) is 11.0. The van der Waals surface area contributed by atoms with Crippen LogP contribution in [0.25, 0.3) is 5.78 Å². The van der Waals surface area contributed by atoms with Crippen LogP contribution in [0.3, 0.4) is 0 Å². The van der Waals surface area contributed by atoms with Crippen molar-refractivity contribution in [1.29, 1.82) is 0 Å². The van der Waals surface area contributed by atoms with Gasteiger partial charge in [-0.25, -0.2) is 4.98 Å². The fraction of sp³-hybridized carbons (Fsp3) is 0.375. The summed E-state index contributed by atoms with van der Waals surface area (Å²) < 4.78 is 1.57. The third-order valence-electron chi connectivity index (χ3n) is 2.12. The molecule has 68 valence electrons. The minimum atomic E-state index is 0.568. The van der Waals surface area contributed by atoms with E-state index in [4.69, 9.17) is 5.73 Å². The predicted molar refractivity (Wildman–Crippen MR) is 49.4 cm³/mol. The van der Waals surface area contributed by atoms with Crippen LogP contribution in [0.4, 0.5) is 5.82 Å². The zero-order chi connectivity index (χ0) is 9.59. The Morgan fingerprint density at radius 1 is 1.15 bits per heavy atom. The van der Waals surface area contributed by atoms with Gasteiger partial charge in [0, 0.05) is 11.3 Å². The second-order valence-corrected chi connectivity index (χ2v) is 3.08. The van der Waals surface area contributed by atoms with Gasteiger partial charge in [0.15, 0.2) is 0 Å². The zero-order valence-corrected chi connectivity index (χ0v) is 7.87. The molecule has 13 heavy (non-hydrogen) atoms. The molecule has 0 amide bonds. The molecule has 0 radical (unpaired) electrons. The van der Waals surface area contributed by atoms with Gasteiger partial charge in [0.05, 0.1) is 0 Å². The number of hydrogen-bond donors (Lipinski definition) is 1. The van der Waals surface area contributed by atoms with E-state index in [2.05, 4.69) is 15.1 Å². The lowest BCUT2D eigenvalue weighted by Crippen LogP contribution is -2.05. The van der Waals surface area contributed by atoms with E-state index >= 15 is 0 Å². The van der Waals surface area contributed by atoms with Crippen molar-refractivity contribution in [3.8, 4) is 0 Å². The van der Waals surface area contributed by atoms with Gasteiger partial charge in [0.25, 0.3) is 5.78 Å². The van der Waals surface area contributed by atoms with E-state index in [1.54, 1.807) is 4.52 Å². The summed E-state index contributed by atoms with van der Waals surface area (Å²) in [5.41, 5.74) is 7.71. The van der Waals surface area contributed by atoms with Crippen LogP contribution < -0.4 is 5.73 Å². The van der Waals surface area contributed by atoms with Crippen molar-refractivity contribution in [2.24, 2.45) is 0 Å². The second kappa shape index (κ2) is 2.42. The summed E-state index contributed by atoms with van der Waals surface area (Å²) in [6.07, 6.45) is 0. The third kappa shape index (κ3) is 1.04. The van der Waals surface area contributed by atoms with Crippen molar-refractivity contribution in [3.05, 3.63) is 17.1 Å². The minimum absolute atomic E-state index is 0.568. The number of anilines is 1. The first-order valence-electron chi connectivity index (χ1n) is 4.05. The summed E-state index contributed by atoms with van der Waals surface area (Å²) in [5, 5.41) is 4.13. The number of rotatable bonds is 0. The fourth-order valence-electron chi connectivity index (χ4n) is 1.22. The summed E-state index contributed by atoms with van der Waals surface area (Å²) in [5.74, 6) is 1.87. The second-order valence-electron chi connectivity index (χ2n) is 3.08. The molecule has 2 rings (SSSR count). The Morgan fingerprint density at radius 3 is 2.54 bits per heavy atom. The number of nitrogens with zero attached hydrogens (tertiary/aromatic N) is 4. The molecule has 2 aromatic rings. The lowest BCUT2D eigenvalue weighted by atomic mass is 10.2. The van der Waals surface area contributed by atoms with Crippen LogP contribution in [0.5, 0.6) is 0 Å². The molecule has 5 nitrogen and oxygen atoms in total. The van der Waals surface area contributed by atoms with Gasteiger partial charge in [0.2, 0.25) is 0 Å². The minimum Gasteiger partial charge on any atom is -0.383 e. The van der Waals surface area contributed by atoms with Crippen molar-refractivity contribution in [2.45, 2.75) is 20.8 Å². The van der Waals surface area contributed by atoms with Crippen LogP contribution in [0, 0.1) is 20.8 Å². The maximum Gasteiger partial charge on any atom is 0.254 e. The molecular formula is C8H11N5. The average molecular weight is 177 g/mol. The molecule has 0 aliphatic rings. The molecule has 0 aromatic carbocycles. The molecule has 2 heterocycles. The smallest absolute Gasteiger partial charge is 0.254 e. The number of hydrogen-bond acceptors (Lipinski definition) is 4. The lowest BCUT2D eigenvalue weighted by molar-refractivity contribution is 0.910. The quantitative estimate of drug-likeness (QED) is 0.640. The van der Waals surface area contributed by atoms with Crippen molar-refractivity contribution in [2.75, 3.05) is 5.73 Å². The highest BCUT2D eigenvalue weighted by Gasteiger charge is 2.08. The molecule has 0 aliphatic carbocycles. The Kier molecular flexibility index (Phi) is 1.48. The molecule has 2 N–H and O–H groups in total. The van der Waals surface area contributed by atoms with Gasteiger partial charge in [-0.05, 0) is 20.8 Å². The molecule has 5 heteroatoms. The first-order valence-corrected chi connectivity index (χ1v) is 4.05. The summed E-state index contributed by atoms with van der Waals surface area (Å²) >= 11 is 0. The monoisotopic (exact) mass is 177 g/mol. The lowest BCUT2D eigenvalue weighted by Gasteiger charge is -2.03. The van der Waals surface area contributed by atoms with Crippen LogP contribution in [0.2, 0.25) is 0 Å². The van der Waals surface area contributed by atoms with E-state index in [-0.39, 0.29) is 0 Å². The molecule has 0 bridgehead atoms. The van der Waals surface area contributed by atoms with Gasteiger partial charge < -0.3 is 5.73 Å². The highest BCUT2D eigenvalue weighted by atomic mass is 15.3. The van der Waals surface area contributed by atoms with Gasteiger partial charge in [-0.15, -0.1) is 5.10 Å². The molecule has 0 saturated heterocycles. The third-order valence-corrected chi connectivity index (χ3v) is 2.12. The molecule has 0 spiro atoms. The molecule has 0 unspecified atom stereocenters. The maximum absolute atomic E-state index is 5.85. The number of nitrogen functional groups attached to an aromatic ring is 1. The molecule has 2 aromatic heterocycles. The average Bonchev–Trinajstić information content (AvgIpc) is 2.42. The fourth-order valence-corrected chi connectivity index (χ4v) is 1.22. The summed E-state index contributed by atoms with van der Waals surface area (Å²) in [6.45, 7) is 5.66. The van der Waals surface area contributed by atoms with Crippen molar-refractivity contribution < 1.29 is 0 Å². The summed E-state index contributed by atoms with van der Waals surface area (Å²) in [6, 6.07) is 0. The van der Waals surface area contributed by atoms with Crippen LogP contribution in [-0.4, -0.2) is 19.6 Å². The van der Waals surface area contributed by atoms with E-state index in [0.717, 1.165) is 11.3 Å². The molecule has 0 fully saturated rings. The van der Waals surface area contributed by atoms with E-state index in [1.807, 2.05) is 20.8 Å². The SMILES string of the molecule is Cc1nc2nc(C)c(C)c(N)n2n1. The molecule has 0 atom stereocenters. The van der Waals surface area contributed by atoms with Crippen LogP contribution in [-0.2, 0) is 0 Å². The van der Waals surface area contributed by atoms with Gasteiger partial charge >= 0.3 is 0 Å². The molecule has 0 aliphatic heterocycles. The van der Waals surface area contributed by atoms with Gasteiger partial charge in [-0.1, -0.05) is 0 Å². The zero-order valence-electron chi connectivity index (χ0n) is 7.87. The standard InChI is InChI=1S/C8H11N5/c1-4-5(2)10-8-11-6(3)12-13(8)7(4)9/h9H2,1-3H3. The number of fused-ring (bicyclic) bond motifs is 1. The largest absolute Gasteiger partial charge is 0.383 e. The Hall–Kier alpha value is -1.65. The van der Waals surface area contributed by atoms with Gasteiger partial charge in [-0.2, -0.15) is 9.50 Å². The van der Waals surface area contributed by atoms with Crippen molar-refractivity contribution in [1.82, 2.24) is 19.6 Å². The Morgan fingerprint density at radius 2 is 1.85 bits per heavy atom. The molecular weight excluding hydrogens is 166 g/mol. The van der Waals surface area contributed by atoms with E-state index in [1.165, 1.54) is 0 Å². The van der Waals surface area contributed by atoms with Gasteiger partial charge in [0.1, 0.15) is 11.6 Å². The van der Waals surface area contributed by atoms with Crippen LogP contribution >= 0.6 is 0 Å². The summed E-state index contributed by atoms with van der Waals surface area (Å²) in [4.78, 5) is 8.40. The molecule has 0 saturated carbocycles. The number of aromatic nitrogens is 4. The summed E-state index contributed by atoms with van der Waals surface area (Å²) in [7, 11) is 0. The predicted octanol–water partition coefficient (Wildman–Crippen LogP) is 0.632. The van der Waals surface area contributed by atoms with Crippen molar-refractivity contribution >= 4 is 11.6 Å². The van der Waals surface area contributed by atoms with E-state index < -0.39 is 0 Å². The van der Waals surface area contributed by atoms with Crippen LogP contribution in [0.15, 0.2) is 0 Å². The van der Waals surface area contributed by atoms with E-state index in [0.29, 0.717) is 17.4 Å². The van der Waals surface area contributed by atoms with Crippen LogP contribution in [0.1, 0.15) is 17.1 Å². The highest BCUT2D eigenvalue weighted by molar-refractivity contribution is 5.48. The topological polar surface area (TPSA) is 69.1 Å². The number of nitrogens with two attached hydrogens (primary N) is 1. The van der Waals surface area contributed by atoms with Gasteiger partial charge in [-0.3, -0.25) is 0 Å². The van der Waals surface area contributed by atoms with E-state index in [9.17, 15) is 0 Å². The Bertz CT molecular complexity index is 471. The first-order chi connectivity index (χ1) is 6.09. The Balaban J connectivity index is 2.92. The maximum atomic E-state index is 5.85. The number of aryl methyl sites for hydroxylation is 2. The Labute approximate surface area is 75.6 Å². The highest BCUT2D eigenvalue weighted by Crippen LogP contribution is 2.14. The van der Waals surface area contributed by atoms with Crippen molar-refractivity contribution in [3.63, 3.8) is 0 Å². The first kappa shape index (κ1) is 7.97.